The molecule has 1 heterocycles. The summed E-state index contributed by atoms with van der Waals surface area (Å²) in [6.07, 6.45) is 0. The van der Waals surface area contributed by atoms with Crippen molar-refractivity contribution in [3.8, 4) is 0 Å². The molecule has 2 aromatic carbocycles. The third kappa shape index (κ3) is 5.05. The van der Waals surface area contributed by atoms with Crippen LogP contribution in [0.3, 0.4) is 0 Å². The fourth-order valence-corrected chi connectivity index (χ4v) is 3.39. The van der Waals surface area contributed by atoms with Gasteiger partial charge in [-0.05, 0) is 42.9 Å². The number of carbonyl (C=O) groups excluding carboxylic acids is 1. The number of nitrogens with one attached hydrogen (secondary N) is 1. The lowest BCUT2D eigenvalue weighted by Crippen LogP contribution is -2.43. The molecule has 1 aliphatic rings. The Morgan fingerprint density at radius 1 is 1.12 bits per heavy atom. The molecule has 3 rings (SSSR count). The average Bonchev–Trinajstić information content (AvgIpc) is 2.60. The summed E-state index contributed by atoms with van der Waals surface area (Å²) < 4.78 is 0.824. The molecule has 4 nitrogen and oxygen atoms in total. The van der Waals surface area contributed by atoms with Gasteiger partial charge in [-0.1, -0.05) is 39.7 Å². The molecule has 1 amide bonds. The maximum atomic E-state index is 12.4. The number of hydrogen-bond acceptors (Lipinski definition) is 3. The summed E-state index contributed by atoms with van der Waals surface area (Å²) in [7, 11) is 2.16. The zero-order valence-electron chi connectivity index (χ0n) is 14.1. The highest BCUT2D eigenvalue weighted by Crippen LogP contribution is 2.22. The van der Waals surface area contributed by atoms with Crippen molar-refractivity contribution in [3.63, 3.8) is 0 Å². The van der Waals surface area contributed by atoms with E-state index in [9.17, 15) is 4.79 Å². The van der Waals surface area contributed by atoms with Gasteiger partial charge in [-0.25, -0.2) is 0 Å². The fraction of sp³-hybridized carbons (Fsp3) is 0.316. The minimum Gasteiger partial charge on any atom is -0.322 e. The molecule has 0 saturated carbocycles. The molecule has 0 radical (unpaired) electrons. The third-order valence-electron chi connectivity index (χ3n) is 4.39. The molecule has 2 aromatic rings. The van der Waals surface area contributed by atoms with Gasteiger partial charge in [-0.15, -0.1) is 0 Å². The van der Waals surface area contributed by atoms with Crippen LogP contribution in [-0.2, 0) is 6.54 Å². The number of rotatable bonds is 4. The molecule has 1 N–H and O–H groups in total. The minimum absolute atomic E-state index is 0.210. The largest absolute Gasteiger partial charge is 0.322 e. The first-order valence-corrected chi connectivity index (χ1v) is 9.44. The molecular weight excluding hydrogens is 402 g/mol. The number of hydrogen-bond donors (Lipinski definition) is 1. The molecule has 6 heteroatoms. The van der Waals surface area contributed by atoms with Gasteiger partial charge in [0.2, 0.25) is 0 Å². The summed E-state index contributed by atoms with van der Waals surface area (Å²) in [6, 6.07) is 13.3. The monoisotopic (exact) mass is 421 g/mol. The van der Waals surface area contributed by atoms with Gasteiger partial charge in [0, 0.05) is 42.9 Å². The number of halogens is 2. The Balaban J connectivity index is 1.60. The van der Waals surface area contributed by atoms with Crippen molar-refractivity contribution in [1.29, 1.82) is 0 Å². The number of amides is 1. The molecule has 0 aromatic heterocycles. The van der Waals surface area contributed by atoms with Gasteiger partial charge in [-0.3, -0.25) is 9.69 Å². The lowest BCUT2D eigenvalue weighted by Gasteiger charge is -2.32. The number of likely N-dealkylation sites (N-methyl/N-ethyl adjacent to an activating group) is 1. The van der Waals surface area contributed by atoms with E-state index in [-0.39, 0.29) is 5.91 Å². The van der Waals surface area contributed by atoms with E-state index < -0.39 is 0 Å². The van der Waals surface area contributed by atoms with Gasteiger partial charge in [0.15, 0.2) is 0 Å². The van der Waals surface area contributed by atoms with Gasteiger partial charge < -0.3 is 10.2 Å². The summed E-state index contributed by atoms with van der Waals surface area (Å²) in [5, 5.41) is 3.34. The van der Waals surface area contributed by atoms with E-state index in [1.807, 2.05) is 18.2 Å². The van der Waals surface area contributed by atoms with Crippen molar-refractivity contribution in [3.05, 3.63) is 63.1 Å². The zero-order valence-corrected chi connectivity index (χ0v) is 16.5. The summed E-state index contributed by atoms with van der Waals surface area (Å²) in [5.41, 5.74) is 2.48. The Hall–Kier alpha value is -1.40. The number of piperazine rings is 1. The molecule has 0 unspecified atom stereocenters. The number of benzene rings is 2. The van der Waals surface area contributed by atoms with Crippen molar-refractivity contribution in [2.24, 2.45) is 0 Å². The van der Waals surface area contributed by atoms with Crippen LogP contribution in [0.2, 0.25) is 5.02 Å². The quantitative estimate of drug-likeness (QED) is 0.806. The Labute approximate surface area is 161 Å². The maximum Gasteiger partial charge on any atom is 0.257 e. The molecule has 1 aliphatic heterocycles. The molecular formula is C19H21BrClN3O. The predicted molar refractivity (Wildman–Crippen MR) is 106 cm³/mol. The van der Waals surface area contributed by atoms with Crippen LogP contribution in [0.4, 0.5) is 5.69 Å². The Bertz CT molecular complexity index is 743. The Kier molecular flexibility index (Phi) is 6.12. The normalized spacial score (nSPS) is 16.0. The first-order valence-electron chi connectivity index (χ1n) is 8.27. The molecule has 0 bridgehead atoms. The third-order valence-corrected chi connectivity index (χ3v) is 5.21. The van der Waals surface area contributed by atoms with E-state index in [2.05, 4.69) is 50.2 Å². The Morgan fingerprint density at radius 2 is 1.80 bits per heavy atom. The van der Waals surface area contributed by atoms with E-state index in [1.165, 1.54) is 5.56 Å². The summed E-state index contributed by atoms with van der Waals surface area (Å²) >= 11 is 9.47. The topological polar surface area (TPSA) is 35.6 Å². The van der Waals surface area contributed by atoms with E-state index in [0.717, 1.165) is 42.9 Å². The predicted octanol–water partition coefficient (Wildman–Crippen LogP) is 4.10. The van der Waals surface area contributed by atoms with Gasteiger partial charge in [-0.2, -0.15) is 0 Å². The van der Waals surface area contributed by atoms with Crippen molar-refractivity contribution in [1.82, 2.24) is 9.80 Å². The van der Waals surface area contributed by atoms with Crippen LogP contribution < -0.4 is 5.32 Å². The number of carbonyl (C=O) groups is 1. The lowest BCUT2D eigenvalue weighted by atomic mass is 10.1. The lowest BCUT2D eigenvalue weighted by molar-refractivity contribution is 0.102. The second-order valence-corrected chi connectivity index (χ2v) is 7.68. The molecule has 25 heavy (non-hydrogen) atoms. The van der Waals surface area contributed by atoms with Crippen LogP contribution >= 0.6 is 27.5 Å². The summed E-state index contributed by atoms with van der Waals surface area (Å²) in [4.78, 5) is 17.2. The molecule has 1 saturated heterocycles. The zero-order chi connectivity index (χ0) is 17.8. The Morgan fingerprint density at radius 3 is 2.48 bits per heavy atom. The van der Waals surface area contributed by atoms with E-state index >= 15 is 0 Å². The smallest absolute Gasteiger partial charge is 0.257 e. The second-order valence-electron chi connectivity index (χ2n) is 6.35. The van der Waals surface area contributed by atoms with Crippen LogP contribution in [0.15, 0.2) is 46.9 Å². The second kappa shape index (κ2) is 8.32. The highest BCUT2D eigenvalue weighted by Gasteiger charge is 2.14. The first-order chi connectivity index (χ1) is 12.0. The number of nitrogens with zero attached hydrogens (tertiary/aromatic N) is 2. The average molecular weight is 423 g/mol. The fourth-order valence-electron chi connectivity index (χ4n) is 2.83. The van der Waals surface area contributed by atoms with Crippen molar-refractivity contribution in [2.75, 3.05) is 38.5 Å². The van der Waals surface area contributed by atoms with E-state index in [0.29, 0.717) is 10.6 Å². The van der Waals surface area contributed by atoms with Crippen molar-refractivity contribution >= 4 is 39.1 Å². The number of anilines is 1. The minimum atomic E-state index is -0.210. The van der Waals surface area contributed by atoms with E-state index in [1.54, 1.807) is 12.1 Å². The molecule has 1 fully saturated rings. The van der Waals surface area contributed by atoms with Crippen molar-refractivity contribution in [2.45, 2.75) is 6.54 Å². The summed E-state index contributed by atoms with van der Waals surface area (Å²) in [5.74, 6) is -0.210. The van der Waals surface area contributed by atoms with Gasteiger partial charge in [0.25, 0.3) is 5.91 Å². The van der Waals surface area contributed by atoms with Crippen LogP contribution in [0.5, 0.6) is 0 Å². The molecule has 0 atom stereocenters. The maximum absolute atomic E-state index is 12.4. The van der Waals surface area contributed by atoms with E-state index in [4.69, 9.17) is 11.6 Å². The highest BCUT2D eigenvalue weighted by atomic mass is 79.9. The van der Waals surface area contributed by atoms with Crippen LogP contribution in [0.1, 0.15) is 15.9 Å². The SMILES string of the molecule is CN1CCN(Cc2ccc(NC(=O)c3cc(Br)ccc3Cl)cc2)CC1. The van der Waals surface area contributed by atoms with Gasteiger partial charge in [0.1, 0.15) is 0 Å². The van der Waals surface area contributed by atoms with Gasteiger partial charge in [0.05, 0.1) is 10.6 Å². The van der Waals surface area contributed by atoms with Crippen LogP contribution in [0, 0.1) is 0 Å². The van der Waals surface area contributed by atoms with Crippen LogP contribution in [-0.4, -0.2) is 48.9 Å². The summed E-state index contributed by atoms with van der Waals surface area (Å²) in [6.45, 7) is 5.36. The van der Waals surface area contributed by atoms with Gasteiger partial charge >= 0.3 is 0 Å². The molecule has 132 valence electrons. The van der Waals surface area contributed by atoms with Crippen molar-refractivity contribution < 1.29 is 4.79 Å². The standard InChI is InChI=1S/C19H21BrClN3O/c1-23-8-10-24(11-9-23)13-14-2-5-16(6-3-14)22-19(25)17-12-15(20)4-7-18(17)21/h2-7,12H,8-11,13H2,1H3,(H,22,25). The highest BCUT2D eigenvalue weighted by molar-refractivity contribution is 9.10. The first kappa shape index (κ1) is 18.4. The van der Waals surface area contributed by atoms with Crippen LogP contribution in [0.25, 0.3) is 0 Å². The molecule has 0 aliphatic carbocycles. The molecule has 0 spiro atoms.